The summed E-state index contributed by atoms with van der Waals surface area (Å²) in [5, 5.41) is 18.6. The molecule has 0 saturated carbocycles. The lowest BCUT2D eigenvalue weighted by atomic mass is 10.2. The van der Waals surface area contributed by atoms with Gasteiger partial charge in [-0.15, -0.1) is 11.8 Å². The number of nitrogen functional groups attached to an aromatic ring is 1. The van der Waals surface area contributed by atoms with Gasteiger partial charge in [-0.25, -0.2) is 4.79 Å². The third-order valence-corrected chi connectivity index (χ3v) is 3.61. The van der Waals surface area contributed by atoms with Gasteiger partial charge in [0.1, 0.15) is 18.1 Å². The SMILES string of the molecule is CSc1cn([C@@H]2C[C@@H](O)[C@H](CO)O2)c(=O)nc1N. The molecule has 2 heterocycles. The third kappa shape index (κ3) is 2.37. The van der Waals surface area contributed by atoms with Crippen LogP contribution in [0.1, 0.15) is 12.6 Å². The maximum atomic E-state index is 11.7. The van der Waals surface area contributed by atoms with Gasteiger partial charge >= 0.3 is 5.69 Å². The molecule has 100 valence electrons. The van der Waals surface area contributed by atoms with Gasteiger partial charge in [-0.2, -0.15) is 4.98 Å². The predicted molar refractivity (Wildman–Crippen MR) is 66.3 cm³/mol. The molecule has 0 aliphatic carbocycles. The second-order valence-corrected chi connectivity index (χ2v) is 4.85. The molecule has 0 unspecified atom stereocenters. The molecule has 3 atom stereocenters. The Labute approximate surface area is 108 Å². The molecule has 8 heteroatoms. The van der Waals surface area contributed by atoms with E-state index in [0.717, 1.165) is 0 Å². The Bertz CT molecular complexity index is 493. The normalized spacial score (nSPS) is 27.6. The Morgan fingerprint density at radius 1 is 1.72 bits per heavy atom. The molecular weight excluding hydrogens is 258 g/mol. The van der Waals surface area contributed by atoms with Crippen LogP contribution in [-0.2, 0) is 4.74 Å². The first-order chi connectivity index (χ1) is 8.56. The van der Waals surface area contributed by atoms with Crippen molar-refractivity contribution < 1.29 is 14.9 Å². The van der Waals surface area contributed by atoms with Gasteiger partial charge in [0.25, 0.3) is 0 Å². The lowest BCUT2D eigenvalue weighted by Gasteiger charge is -2.15. The van der Waals surface area contributed by atoms with Crippen molar-refractivity contribution in [2.24, 2.45) is 0 Å². The standard InChI is InChI=1S/C10H15N3O4S/c1-18-7-3-13(10(16)12-9(7)11)8-2-5(15)6(4-14)17-8/h3,5-6,8,14-15H,2,4H2,1H3,(H2,11,12,16)/t5-,6+,8+/m1/s1. The average Bonchev–Trinajstić information content (AvgIpc) is 2.70. The van der Waals surface area contributed by atoms with Gasteiger partial charge in [0.2, 0.25) is 0 Å². The Morgan fingerprint density at radius 2 is 2.44 bits per heavy atom. The molecule has 2 rings (SSSR count). The molecule has 7 nitrogen and oxygen atoms in total. The van der Waals surface area contributed by atoms with Crippen LogP contribution in [0.15, 0.2) is 15.9 Å². The van der Waals surface area contributed by atoms with E-state index in [1.807, 2.05) is 6.26 Å². The first-order valence-corrected chi connectivity index (χ1v) is 6.66. The number of ether oxygens (including phenoxy) is 1. The van der Waals surface area contributed by atoms with Crippen LogP contribution >= 0.6 is 11.8 Å². The summed E-state index contributed by atoms with van der Waals surface area (Å²) >= 11 is 1.37. The number of nitrogens with zero attached hydrogens (tertiary/aromatic N) is 2. The van der Waals surface area contributed by atoms with Crippen LogP contribution in [0.5, 0.6) is 0 Å². The van der Waals surface area contributed by atoms with Crippen LogP contribution in [0.4, 0.5) is 5.82 Å². The predicted octanol–water partition coefficient (Wildman–Crippen LogP) is -0.812. The monoisotopic (exact) mass is 273 g/mol. The molecule has 4 N–H and O–H groups in total. The molecule has 1 saturated heterocycles. The summed E-state index contributed by atoms with van der Waals surface area (Å²) in [6.07, 6.45) is 1.54. The van der Waals surface area contributed by atoms with E-state index in [9.17, 15) is 9.90 Å². The van der Waals surface area contributed by atoms with Crippen molar-refractivity contribution in [3.8, 4) is 0 Å². The molecule has 1 aromatic heterocycles. The van der Waals surface area contributed by atoms with Gasteiger partial charge in [0, 0.05) is 12.6 Å². The summed E-state index contributed by atoms with van der Waals surface area (Å²) < 4.78 is 6.69. The topological polar surface area (TPSA) is 111 Å². The highest BCUT2D eigenvalue weighted by Crippen LogP contribution is 2.29. The van der Waals surface area contributed by atoms with Crippen molar-refractivity contribution in [2.45, 2.75) is 29.8 Å². The van der Waals surface area contributed by atoms with Crippen molar-refractivity contribution in [1.82, 2.24) is 9.55 Å². The Morgan fingerprint density at radius 3 is 3.00 bits per heavy atom. The zero-order valence-electron chi connectivity index (χ0n) is 9.81. The molecule has 1 aliphatic heterocycles. The van der Waals surface area contributed by atoms with Crippen LogP contribution in [0.25, 0.3) is 0 Å². The van der Waals surface area contributed by atoms with Crippen molar-refractivity contribution in [3.63, 3.8) is 0 Å². The second kappa shape index (κ2) is 5.27. The number of nitrogens with two attached hydrogens (primary N) is 1. The number of aliphatic hydroxyl groups excluding tert-OH is 2. The number of thioether (sulfide) groups is 1. The van der Waals surface area contributed by atoms with Crippen LogP contribution in [0, 0.1) is 0 Å². The van der Waals surface area contributed by atoms with E-state index in [1.165, 1.54) is 16.3 Å². The summed E-state index contributed by atoms with van der Waals surface area (Å²) in [5.41, 5.74) is 5.08. The summed E-state index contributed by atoms with van der Waals surface area (Å²) in [7, 11) is 0. The number of hydrogen-bond donors (Lipinski definition) is 3. The van der Waals surface area contributed by atoms with Crippen LogP contribution in [0.2, 0.25) is 0 Å². The van der Waals surface area contributed by atoms with Gasteiger partial charge in [-0.05, 0) is 6.26 Å². The zero-order valence-corrected chi connectivity index (χ0v) is 10.6. The average molecular weight is 273 g/mol. The quantitative estimate of drug-likeness (QED) is 0.617. The minimum atomic E-state index is -0.790. The van der Waals surface area contributed by atoms with Gasteiger partial charge < -0.3 is 20.7 Å². The highest BCUT2D eigenvalue weighted by Gasteiger charge is 2.35. The molecule has 1 aromatic rings. The molecule has 18 heavy (non-hydrogen) atoms. The van der Waals surface area contributed by atoms with E-state index >= 15 is 0 Å². The molecular formula is C10H15N3O4S. The van der Waals surface area contributed by atoms with Crippen LogP contribution < -0.4 is 11.4 Å². The van der Waals surface area contributed by atoms with E-state index in [0.29, 0.717) is 4.90 Å². The summed E-state index contributed by atoms with van der Waals surface area (Å²) in [6, 6.07) is 0. The number of hydrogen-bond acceptors (Lipinski definition) is 7. The minimum Gasteiger partial charge on any atom is -0.394 e. The molecule has 0 amide bonds. The fourth-order valence-corrected chi connectivity index (χ4v) is 2.35. The lowest BCUT2D eigenvalue weighted by molar-refractivity contribution is -0.0460. The van der Waals surface area contributed by atoms with Gasteiger partial charge in [0.15, 0.2) is 0 Å². The van der Waals surface area contributed by atoms with Gasteiger partial charge in [-0.1, -0.05) is 0 Å². The maximum Gasteiger partial charge on any atom is 0.351 e. The Hall–Kier alpha value is -1.09. The number of rotatable bonds is 3. The Kier molecular flexibility index (Phi) is 3.91. The summed E-state index contributed by atoms with van der Waals surface area (Å²) in [4.78, 5) is 16.1. The molecule has 0 radical (unpaired) electrons. The summed E-state index contributed by atoms with van der Waals surface area (Å²) in [6.45, 7) is -0.287. The molecule has 1 fully saturated rings. The zero-order chi connectivity index (χ0) is 13.3. The van der Waals surface area contributed by atoms with Gasteiger partial charge in [0.05, 0.1) is 17.6 Å². The smallest absolute Gasteiger partial charge is 0.351 e. The fourth-order valence-electron chi connectivity index (χ4n) is 1.88. The molecule has 1 aliphatic rings. The van der Waals surface area contributed by atoms with E-state index in [4.69, 9.17) is 15.6 Å². The Balaban J connectivity index is 2.32. The van der Waals surface area contributed by atoms with Crippen molar-refractivity contribution >= 4 is 17.6 Å². The number of aromatic nitrogens is 2. The largest absolute Gasteiger partial charge is 0.394 e. The highest BCUT2D eigenvalue weighted by atomic mass is 32.2. The number of anilines is 1. The first-order valence-electron chi connectivity index (χ1n) is 5.43. The molecule has 0 spiro atoms. The van der Waals surface area contributed by atoms with Crippen LogP contribution in [-0.4, -0.2) is 44.8 Å². The van der Waals surface area contributed by atoms with Crippen molar-refractivity contribution in [2.75, 3.05) is 18.6 Å². The minimum absolute atomic E-state index is 0.181. The van der Waals surface area contributed by atoms with Gasteiger partial charge in [-0.3, -0.25) is 4.57 Å². The maximum absolute atomic E-state index is 11.7. The third-order valence-electron chi connectivity index (χ3n) is 2.86. The summed E-state index contributed by atoms with van der Waals surface area (Å²) in [5.74, 6) is 0.181. The second-order valence-electron chi connectivity index (χ2n) is 4.00. The fraction of sp³-hybridized carbons (Fsp3) is 0.600. The first kappa shape index (κ1) is 13.3. The highest BCUT2D eigenvalue weighted by molar-refractivity contribution is 7.98. The van der Waals surface area contributed by atoms with E-state index in [1.54, 1.807) is 6.20 Å². The van der Waals surface area contributed by atoms with E-state index in [-0.39, 0.29) is 18.8 Å². The molecule has 0 aromatic carbocycles. The van der Waals surface area contributed by atoms with E-state index in [2.05, 4.69) is 4.98 Å². The van der Waals surface area contributed by atoms with Crippen molar-refractivity contribution in [3.05, 3.63) is 16.7 Å². The van der Waals surface area contributed by atoms with E-state index < -0.39 is 24.1 Å². The van der Waals surface area contributed by atoms with Crippen LogP contribution in [0.3, 0.4) is 0 Å². The lowest BCUT2D eigenvalue weighted by Crippen LogP contribution is -2.28. The van der Waals surface area contributed by atoms with Crippen molar-refractivity contribution in [1.29, 1.82) is 0 Å². The number of aliphatic hydroxyl groups is 2. The molecule has 0 bridgehead atoms.